The molecule has 1 amide bonds. The molecule has 0 radical (unpaired) electrons. The van der Waals surface area contributed by atoms with Crippen molar-refractivity contribution in [2.45, 2.75) is 85.1 Å². The number of aromatic nitrogens is 1. The number of aryl methyl sites for hydroxylation is 3. The Labute approximate surface area is 246 Å². The standard InChI is InChI=1S/C33H41N3O4S/c1-18-16-19(2)34-31(37)25(18)17-36-15-14-24-27(32(36)38)21(4)29-30(28(24)26-13-8-20(3)41-26)40-33(5,39-29)22-9-11-23(12-10-22)35(6)7/h8,13,16,22-23H,9-12,14-15,17H2,1-7H3,(H,34,37)/t22?,23?,33-/m1/s1. The maximum Gasteiger partial charge on any atom is 0.254 e. The lowest BCUT2D eigenvalue weighted by molar-refractivity contribution is -0.123. The summed E-state index contributed by atoms with van der Waals surface area (Å²) in [7, 11) is 4.32. The molecule has 2 aromatic heterocycles. The molecule has 1 saturated carbocycles. The van der Waals surface area contributed by atoms with E-state index < -0.39 is 5.79 Å². The molecule has 2 aliphatic heterocycles. The molecule has 41 heavy (non-hydrogen) atoms. The van der Waals surface area contributed by atoms with E-state index in [0.29, 0.717) is 35.9 Å². The topological polar surface area (TPSA) is 74.9 Å². The number of ether oxygens (including phenoxy) is 2. The number of aromatic amines is 1. The summed E-state index contributed by atoms with van der Waals surface area (Å²) < 4.78 is 13.7. The number of nitrogens with one attached hydrogen (secondary N) is 1. The lowest BCUT2D eigenvalue weighted by Crippen LogP contribution is -2.46. The Kier molecular flexibility index (Phi) is 7.05. The van der Waals surface area contributed by atoms with Gasteiger partial charge in [-0.2, -0.15) is 0 Å². The number of fused-ring (bicyclic) bond motifs is 2. The van der Waals surface area contributed by atoms with Gasteiger partial charge in [0.1, 0.15) is 0 Å². The lowest BCUT2D eigenvalue weighted by Gasteiger charge is -2.39. The molecule has 3 aromatic rings. The largest absolute Gasteiger partial charge is 0.448 e. The number of benzene rings is 1. The van der Waals surface area contributed by atoms with Gasteiger partial charge in [0.15, 0.2) is 11.5 Å². The van der Waals surface area contributed by atoms with Crippen LogP contribution in [-0.4, -0.2) is 53.2 Å². The van der Waals surface area contributed by atoms with Gasteiger partial charge in [-0.3, -0.25) is 9.59 Å². The Morgan fingerprint density at radius 2 is 1.73 bits per heavy atom. The van der Waals surface area contributed by atoms with Crippen LogP contribution in [0.5, 0.6) is 11.5 Å². The molecule has 7 nitrogen and oxygen atoms in total. The summed E-state index contributed by atoms with van der Waals surface area (Å²) in [5, 5.41) is 0. The van der Waals surface area contributed by atoms with E-state index in [2.05, 4.69) is 50.0 Å². The summed E-state index contributed by atoms with van der Waals surface area (Å²) in [5.74, 6) is 0.923. The van der Waals surface area contributed by atoms with E-state index in [9.17, 15) is 9.59 Å². The molecule has 0 bridgehead atoms. The highest BCUT2D eigenvalue weighted by molar-refractivity contribution is 7.15. The molecule has 6 rings (SSSR count). The van der Waals surface area contributed by atoms with Gasteiger partial charge in [-0.05, 0) is 103 Å². The van der Waals surface area contributed by atoms with Gasteiger partial charge in [0, 0.05) is 57.6 Å². The minimum atomic E-state index is -0.773. The van der Waals surface area contributed by atoms with Crippen molar-refractivity contribution >= 4 is 17.2 Å². The number of hydrogen-bond donors (Lipinski definition) is 1. The van der Waals surface area contributed by atoms with Gasteiger partial charge < -0.3 is 24.3 Å². The van der Waals surface area contributed by atoms with E-state index in [-0.39, 0.29) is 23.9 Å². The lowest BCUT2D eigenvalue weighted by atomic mass is 9.81. The third-order valence-corrected chi connectivity index (χ3v) is 10.5. The summed E-state index contributed by atoms with van der Waals surface area (Å²) in [6.45, 7) is 10.8. The highest BCUT2D eigenvalue weighted by Crippen LogP contribution is 2.56. The predicted octanol–water partition coefficient (Wildman–Crippen LogP) is 6.14. The molecule has 1 N–H and O–H groups in total. The highest BCUT2D eigenvalue weighted by atomic mass is 32.1. The van der Waals surface area contributed by atoms with Gasteiger partial charge >= 0.3 is 0 Å². The van der Waals surface area contributed by atoms with Crippen LogP contribution in [0.3, 0.4) is 0 Å². The second kappa shape index (κ2) is 10.3. The molecule has 1 aromatic carbocycles. The van der Waals surface area contributed by atoms with E-state index in [1.807, 2.05) is 31.7 Å². The number of rotatable bonds is 5. The minimum absolute atomic E-state index is 0.0517. The van der Waals surface area contributed by atoms with Gasteiger partial charge in [-0.1, -0.05) is 0 Å². The van der Waals surface area contributed by atoms with Gasteiger partial charge in [0.05, 0.1) is 12.1 Å². The molecule has 1 atom stereocenters. The van der Waals surface area contributed by atoms with E-state index in [0.717, 1.165) is 64.3 Å². The second-order valence-electron chi connectivity index (χ2n) is 12.5. The third kappa shape index (κ3) is 4.79. The number of amides is 1. The first-order chi connectivity index (χ1) is 19.5. The zero-order valence-electron chi connectivity index (χ0n) is 25.3. The average molecular weight is 576 g/mol. The van der Waals surface area contributed by atoms with Crippen molar-refractivity contribution < 1.29 is 14.3 Å². The zero-order valence-corrected chi connectivity index (χ0v) is 26.1. The number of carbonyl (C=O) groups is 1. The van der Waals surface area contributed by atoms with E-state index in [1.54, 1.807) is 11.3 Å². The van der Waals surface area contributed by atoms with Crippen LogP contribution in [0.25, 0.3) is 10.4 Å². The number of hydrogen-bond acceptors (Lipinski definition) is 6. The van der Waals surface area contributed by atoms with E-state index in [1.165, 1.54) is 4.88 Å². The first-order valence-corrected chi connectivity index (χ1v) is 15.6. The number of nitrogens with zero attached hydrogens (tertiary/aromatic N) is 2. The monoisotopic (exact) mass is 575 g/mol. The van der Waals surface area contributed by atoms with E-state index in [4.69, 9.17) is 9.47 Å². The molecule has 0 spiro atoms. The summed E-state index contributed by atoms with van der Waals surface area (Å²) >= 11 is 1.72. The van der Waals surface area contributed by atoms with Gasteiger partial charge in [0.2, 0.25) is 0 Å². The molecule has 1 aliphatic carbocycles. The highest BCUT2D eigenvalue weighted by Gasteiger charge is 2.49. The average Bonchev–Trinajstić information content (AvgIpc) is 3.51. The summed E-state index contributed by atoms with van der Waals surface area (Å²) in [5.41, 5.74) is 5.80. The fourth-order valence-electron chi connectivity index (χ4n) is 7.11. The fraction of sp³-hybridized carbons (Fsp3) is 0.515. The van der Waals surface area contributed by atoms with Crippen LogP contribution in [-0.2, 0) is 13.0 Å². The molecule has 3 aliphatic rings. The van der Waals surface area contributed by atoms with Crippen molar-refractivity contribution in [3.63, 3.8) is 0 Å². The van der Waals surface area contributed by atoms with Crippen LogP contribution >= 0.6 is 11.3 Å². The number of pyridine rings is 1. The predicted molar refractivity (Wildman–Crippen MR) is 163 cm³/mol. The molecule has 1 fully saturated rings. The minimum Gasteiger partial charge on any atom is -0.448 e. The van der Waals surface area contributed by atoms with Gasteiger partial charge in [-0.25, -0.2) is 0 Å². The molecule has 0 unspecified atom stereocenters. The van der Waals surface area contributed by atoms with Crippen LogP contribution in [0.1, 0.15) is 75.8 Å². The van der Waals surface area contributed by atoms with Crippen LogP contribution in [0.15, 0.2) is 23.0 Å². The van der Waals surface area contributed by atoms with Crippen molar-refractivity contribution in [1.82, 2.24) is 14.8 Å². The van der Waals surface area contributed by atoms with E-state index >= 15 is 0 Å². The normalized spacial score (nSPS) is 23.8. The Morgan fingerprint density at radius 1 is 1.02 bits per heavy atom. The summed E-state index contributed by atoms with van der Waals surface area (Å²) in [4.78, 5) is 36.3. The van der Waals surface area contributed by atoms with Crippen LogP contribution < -0.4 is 15.0 Å². The quantitative estimate of drug-likeness (QED) is 0.395. The van der Waals surface area contributed by atoms with Crippen LogP contribution in [0, 0.1) is 33.6 Å². The SMILES string of the molecule is Cc1cc(C)c(CN2CCc3c(c(C)c4c(c3-c3ccc(C)s3)O[C@](C)(C3CCC(N(C)C)CC3)O4)C2=O)c(=O)[nH]1. The molecular formula is C33H41N3O4S. The smallest absolute Gasteiger partial charge is 0.254 e. The molecule has 8 heteroatoms. The Bertz CT molecular complexity index is 1580. The van der Waals surface area contributed by atoms with Gasteiger partial charge in [0.25, 0.3) is 17.3 Å². The molecule has 4 heterocycles. The molecule has 0 saturated heterocycles. The number of thiophene rings is 1. The Morgan fingerprint density at radius 3 is 2.37 bits per heavy atom. The van der Waals surface area contributed by atoms with Crippen molar-refractivity contribution in [1.29, 1.82) is 0 Å². The number of H-pyrrole nitrogens is 1. The van der Waals surface area contributed by atoms with Crippen molar-refractivity contribution in [3.8, 4) is 21.9 Å². The maximum atomic E-state index is 14.2. The first-order valence-electron chi connectivity index (χ1n) is 14.8. The van der Waals surface area contributed by atoms with Crippen molar-refractivity contribution in [2.75, 3.05) is 20.6 Å². The maximum absolute atomic E-state index is 14.2. The number of carbonyl (C=O) groups excluding carboxylic acids is 1. The Hall–Kier alpha value is -3.10. The molecule has 218 valence electrons. The van der Waals surface area contributed by atoms with Gasteiger partial charge in [-0.15, -0.1) is 11.3 Å². The first kappa shape index (κ1) is 28.0. The van der Waals surface area contributed by atoms with Crippen molar-refractivity contribution in [2.24, 2.45) is 5.92 Å². The Balaban J connectivity index is 1.40. The molecular weight excluding hydrogens is 534 g/mol. The third-order valence-electron chi connectivity index (χ3n) is 9.49. The zero-order chi connectivity index (χ0) is 29.2. The second-order valence-corrected chi connectivity index (χ2v) is 13.8. The summed E-state index contributed by atoms with van der Waals surface area (Å²) in [6.07, 6.45) is 5.01. The van der Waals surface area contributed by atoms with Crippen LogP contribution in [0.4, 0.5) is 0 Å². The van der Waals surface area contributed by atoms with Crippen LogP contribution in [0.2, 0.25) is 0 Å². The van der Waals surface area contributed by atoms with Crippen molar-refractivity contribution in [3.05, 3.63) is 66.9 Å². The fourth-order valence-corrected chi connectivity index (χ4v) is 8.05. The summed E-state index contributed by atoms with van der Waals surface area (Å²) in [6, 6.07) is 6.82.